The van der Waals surface area contributed by atoms with E-state index in [0.717, 1.165) is 33.5 Å². The highest BCUT2D eigenvalue weighted by Gasteiger charge is 2.23. The van der Waals surface area contributed by atoms with Crippen LogP contribution in [0.25, 0.3) is 0 Å². The summed E-state index contributed by atoms with van der Waals surface area (Å²) < 4.78 is 12.4. The van der Waals surface area contributed by atoms with E-state index in [4.69, 9.17) is 9.47 Å². The van der Waals surface area contributed by atoms with Gasteiger partial charge in [-0.05, 0) is 33.5 Å². The zero-order valence-electron chi connectivity index (χ0n) is 11.0. The summed E-state index contributed by atoms with van der Waals surface area (Å²) in [5.41, 5.74) is 2.02. The first kappa shape index (κ1) is 14.1. The second-order valence-electron chi connectivity index (χ2n) is 4.70. The van der Waals surface area contributed by atoms with E-state index in [2.05, 4.69) is 34.8 Å². The number of halogens is 1. The number of isocyanates is 1. The van der Waals surface area contributed by atoms with Crippen LogP contribution in [0.5, 0.6) is 11.5 Å². The van der Waals surface area contributed by atoms with E-state index in [1.807, 2.05) is 6.07 Å². The van der Waals surface area contributed by atoms with Crippen LogP contribution in [0.4, 0.5) is 0 Å². The van der Waals surface area contributed by atoms with E-state index < -0.39 is 0 Å². The minimum atomic E-state index is 0.264. The predicted octanol–water partition coefficient (Wildman–Crippen LogP) is 3.57. The fourth-order valence-electron chi connectivity index (χ4n) is 2.24. The molecule has 0 unspecified atom stereocenters. The molecule has 0 saturated heterocycles. The number of fused-ring (bicyclic) bond motifs is 1. The standard InChI is InChI=1S/C14H16BrNO3/c1-9(2)12-10(7-16-8-17)6-11(15)13-14(12)19-5-3-4-18-13/h6,9H,3-5,7H2,1-2H3. The topological polar surface area (TPSA) is 47.9 Å². The minimum Gasteiger partial charge on any atom is -0.489 e. The molecule has 0 radical (unpaired) electrons. The van der Waals surface area contributed by atoms with Gasteiger partial charge in [0.1, 0.15) is 0 Å². The van der Waals surface area contributed by atoms with Crippen LogP contribution in [0.15, 0.2) is 15.5 Å². The van der Waals surface area contributed by atoms with Crippen LogP contribution in [0.1, 0.15) is 37.3 Å². The molecular formula is C14H16BrNO3. The first-order valence-corrected chi connectivity index (χ1v) is 7.09. The van der Waals surface area contributed by atoms with Crippen LogP contribution in [0.3, 0.4) is 0 Å². The van der Waals surface area contributed by atoms with Crippen LogP contribution in [0.2, 0.25) is 0 Å². The molecule has 1 aromatic carbocycles. The Hall–Kier alpha value is -1.32. The normalized spacial score (nSPS) is 13.9. The molecule has 4 nitrogen and oxygen atoms in total. The van der Waals surface area contributed by atoms with Gasteiger partial charge in [0.25, 0.3) is 0 Å². The van der Waals surface area contributed by atoms with Gasteiger partial charge in [0.15, 0.2) is 11.5 Å². The van der Waals surface area contributed by atoms with E-state index >= 15 is 0 Å². The average molecular weight is 326 g/mol. The number of aliphatic imine (C=N–C) groups is 1. The maximum absolute atomic E-state index is 10.3. The van der Waals surface area contributed by atoms with Crippen LogP contribution in [0, 0.1) is 0 Å². The molecule has 5 heteroatoms. The molecule has 102 valence electrons. The van der Waals surface area contributed by atoms with Crippen molar-refractivity contribution >= 4 is 22.0 Å². The van der Waals surface area contributed by atoms with E-state index in [0.29, 0.717) is 19.8 Å². The van der Waals surface area contributed by atoms with Gasteiger partial charge >= 0.3 is 0 Å². The molecule has 1 aliphatic rings. The van der Waals surface area contributed by atoms with Gasteiger partial charge in [0, 0.05) is 12.0 Å². The Balaban J connectivity index is 2.59. The van der Waals surface area contributed by atoms with Gasteiger partial charge in [-0.2, -0.15) is 0 Å². The number of benzene rings is 1. The van der Waals surface area contributed by atoms with Crippen molar-refractivity contribution in [3.05, 3.63) is 21.7 Å². The molecule has 0 aliphatic carbocycles. The molecule has 0 saturated carbocycles. The van der Waals surface area contributed by atoms with E-state index in [1.165, 1.54) is 0 Å². The van der Waals surface area contributed by atoms with Gasteiger partial charge in [-0.3, -0.25) is 0 Å². The Morgan fingerprint density at radius 1 is 1.37 bits per heavy atom. The number of hydrogen-bond donors (Lipinski definition) is 0. The van der Waals surface area contributed by atoms with Gasteiger partial charge in [0.2, 0.25) is 6.08 Å². The number of rotatable bonds is 3. The molecule has 0 fully saturated rings. The Bertz CT molecular complexity index is 522. The third kappa shape index (κ3) is 2.99. The highest BCUT2D eigenvalue weighted by Crippen LogP contribution is 2.44. The SMILES string of the molecule is CC(C)c1c(CN=C=O)cc(Br)c2c1OCCCO2. The van der Waals surface area contributed by atoms with E-state index in [1.54, 1.807) is 6.08 Å². The van der Waals surface area contributed by atoms with Crippen molar-refractivity contribution in [3.63, 3.8) is 0 Å². The van der Waals surface area contributed by atoms with Crippen molar-refractivity contribution in [2.24, 2.45) is 4.99 Å². The Morgan fingerprint density at radius 3 is 2.68 bits per heavy atom. The lowest BCUT2D eigenvalue weighted by Gasteiger charge is -2.19. The van der Waals surface area contributed by atoms with Crippen LogP contribution in [-0.4, -0.2) is 19.3 Å². The Labute approximate surface area is 120 Å². The summed E-state index contributed by atoms with van der Waals surface area (Å²) in [6.45, 7) is 5.78. The van der Waals surface area contributed by atoms with Crippen molar-refractivity contribution in [2.45, 2.75) is 32.7 Å². The molecule has 2 rings (SSSR count). The fourth-order valence-corrected chi connectivity index (χ4v) is 2.81. The fraction of sp³-hybridized carbons (Fsp3) is 0.500. The maximum Gasteiger partial charge on any atom is 0.235 e. The molecule has 0 aromatic heterocycles. The Kier molecular flexibility index (Phi) is 4.61. The van der Waals surface area contributed by atoms with Crippen molar-refractivity contribution in [1.29, 1.82) is 0 Å². The summed E-state index contributed by atoms with van der Waals surface area (Å²) in [4.78, 5) is 14.0. The lowest BCUT2D eigenvalue weighted by molar-refractivity contribution is 0.295. The number of ether oxygens (including phenoxy) is 2. The van der Waals surface area contributed by atoms with Gasteiger partial charge in [-0.25, -0.2) is 9.79 Å². The third-order valence-corrected chi connectivity index (χ3v) is 3.58. The number of nitrogens with zero attached hydrogens (tertiary/aromatic N) is 1. The smallest absolute Gasteiger partial charge is 0.235 e. The molecule has 1 aliphatic heterocycles. The largest absolute Gasteiger partial charge is 0.489 e. The van der Waals surface area contributed by atoms with Gasteiger partial charge in [0.05, 0.1) is 24.2 Å². The summed E-state index contributed by atoms with van der Waals surface area (Å²) in [5, 5.41) is 0. The van der Waals surface area contributed by atoms with Gasteiger partial charge in [-0.1, -0.05) is 13.8 Å². The van der Waals surface area contributed by atoms with Crippen LogP contribution in [-0.2, 0) is 11.3 Å². The third-order valence-electron chi connectivity index (χ3n) is 2.99. The van der Waals surface area contributed by atoms with Gasteiger partial charge < -0.3 is 9.47 Å². The van der Waals surface area contributed by atoms with Crippen molar-refractivity contribution < 1.29 is 14.3 Å². The van der Waals surface area contributed by atoms with Crippen molar-refractivity contribution in [2.75, 3.05) is 13.2 Å². The summed E-state index contributed by atoms with van der Waals surface area (Å²) in [6, 6.07) is 1.95. The lowest BCUT2D eigenvalue weighted by Crippen LogP contribution is -2.03. The van der Waals surface area contributed by atoms with Crippen LogP contribution >= 0.6 is 15.9 Å². The second-order valence-corrected chi connectivity index (χ2v) is 5.56. The lowest BCUT2D eigenvalue weighted by atomic mass is 9.95. The van der Waals surface area contributed by atoms with E-state index in [9.17, 15) is 4.79 Å². The second kappa shape index (κ2) is 6.22. The molecular weight excluding hydrogens is 310 g/mol. The number of hydrogen-bond acceptors (Lipinski definition) is 4. The zero-order chi connectivity index (χ0) is 13.8. The predicted molar refractivity (Wildman–Crippen MR) is 75.7 cm³/mol. The molecule has 0 atom stereocenters. The van der Waals surface area contributed by atoms with E-state index in [-0.39, 0.29) is 5.92 Å². The molecule has 0 bridgehead atoms. The van der Waals surface area contributed by atoms with Gasteiger partial charge in [-0.15, -0.1) is 0 Å². The first-order chi connectivity index (χ1) is 9.15. The summed E-state index contributed by atoms with van der Waals surface area (Å²) in [6.07, 6.45) is 2.44. The molecule has 0 N–H and O–H groups in total. The maximum atomic E-state index is 10.3. The van der Waals surface area contributed by atoms with Crippen molar-refractivity contribution in [1.82, 2.24) is 0 Å². The summed E-state index contributed by atoms with van der Waals surface area (Å²) in [5.74, 6) is 1.79. The summed E-state index contributed by atoms with van der Waals surface area (Å²) in [7, 11) is 0. The minimum absolute atomic E-state index is 0.264. The summed E-state index contributed by atoms with van der Waals surface area (Å²) >= 11 is 3.50. The average Bonchev–Trinajstić information content (AvgIpc) is 2.61. The first-order valence-electron chi connectivity index (χ1n) is 6.29. The highest BCUT2D eigenvalue weighted by atomic mass is 79.9. The monoisotopic (exact) mass is 325 g/mol. The molecule has 19 heavy (non-hydrogen) atoms. The van der Waals surface area contributed by atoms with Crippen molar-refractivity contribution in [3.8, 4) is 11.5 Å². The number of carbonyl (C=O) groups excluding carboxylic acids is 1. The molecule has 1 heterocycles. The Morgan fingerprint density at radius 2 is 2.05 bits per heavy atom. The highest BCUT2D eigenvalue weighted by molar-refractivity contribution is 9.10. The van der Waals surface area contributed by atoms with Crippen LogP contribution < -0.4 is 9.47 Å². The zero-order valence-corrected chi connectivity index (χ0v) is 12.6. The molecule has 0 amide bonds. The molecule has 0 spiro atoms. The molecule has 1 aromatic rings. The quantitative estimate of drug-likeness (QED) is 0.630.